The fourth-order valence-corrected chi connectivity index (χ4v) is 1.86. The summed E-state index contributed by atoms with van der Waals surface area (Å²) in [5.41, 5.74) is 1.12. The number of nitrogens with one attached hydrogen (secondary N) is 1. The molecule has 2 rings (SSSR count). The summed E-state index contributed by atoms with van der Waals surface area (Å²) in [6, 6.07) is 5.93. The highest BCUT2D eigenvalue weighted by Gasteiger charge is 2.13. The summed E-state index contributed by atoms with van der Waals surface area (Å²) in [6.45, 7) is 8.00. The zero-order valence-corrected chi connectivity index (χ0v) is 11.1. The zero-order valence-electron chi connectivity index (χ0n) is 11.1. The van der Waals surface area contributed by atoms with Gasteiger partial charge in [-0.25, -0.2) is 0 Å². The van der Waals surface area contributed by atoms with Crippen LogP contribution < -0.4 is 14.8 Å². The highest BCUT2D eigenvalue weighted by molar-refractivity contribution is 5.44. The minimum Gasteiger partial charge on any atom is -0.454 e. The predicted octanol–water partition coefficient (Wildman–Crippen LogP) is 2.18. The average Bonchev–Trinajstić information content (AvgIpc) is 2.83. The van der Waals surface area contributed by atoms with E-state index in [0.717, 1.165) is 36.8 Å². The van der Waals surface area contributed by atoms with Crippen LogP contribution in [-0.4, -0.2) is 26.5 Å². The first-order valence-electron chi connectivity index (χ1n) is 6.46. The molecule has 0 saturated carbocycles. The third-order valence-corrected chi connectivity index (χ3v) is 2.85. The van der Waals surface area contributed by atoms with Crippen molar-refractivity contribution in [2.45, 2.75) is 20.5 Å². The van der Waals surface area contributed by atoms with Crippen LogP contribution in [0.5, 0.6) is 11.5 Å². The Morgan fingerprint density at radius 2 is 2.17 bits per heavy atom. The Balaban J connectivity index is 1.73. The molecule has 1 aliphatic heterocycles. The van der Waals surface area contributed by atoms with Gasteiger partial charge in [0, 0.05) is 0 Å². The Labute approximate surface area is 108 Å². The molecule has 0 spiro atoms. The summed E-state index contributed by atoms with van der Waals surface area (Å²) in [7, 11) is 0. The lowest BCUT2D eigenvalue weighted by atomic mass is 10.2. The molecular weight excluding hydrogens is 230 g/mol. The van der Waals surface area contributed by atoms with Crippen LogP contribution in [0.3, 0.4) is 0 Å². The SMILES string of the molecule is CCNCC(C)COCc1ccc2c(c1)OCO2. The molecule has 1 heterocycles. The first-order chi connectivity index (χ1) is 8.79. The molecule has 1 aromatic rings. The molecule has 4 nitrogen and oxygen atoms in total. The lowest BCUT2D eigenvalue weighted by Crippen LogP contribution is -2.23. The smallest absolute Gasteiger partial charge is 0.231 e. The normalized spacial score (nSPS) is 14.8. The van der Waals surface area contributed by atoms with Gasteiger partial charge in [-0.05, 0) is 36.7 Å². The number of hydrogen-bond donors (Lipinski definition) is 1. The van der Waals surface area contributed by atoms with Crippen molar-refractivity contribution in [1.29, 1.82) is 0 Å². The minimum atomic E-state index is 0.319. The summed E-state index contributed by atoms with van der Waals surface area (Å²) < 4.78 is 16.3. The van der Waals surface area contributed by atoms with Crippen molar-refractivity contribution < 1.29 is 14.2 Å². The molecule has 100 valence electrons. The quantitative estimate of drug-likeness (QED) is 0.806. The Bertz CT molecular complexity index is 381. The van der Waals surface area contributed by atoms with Crippen molar-refractivity contribution in [2.24, 2.45) is 5.92 Å². The first kappa shape index (κ1) is 13.2. The average molecular weight is 251 g/mol. The van der Waals surface area contributed by atoms with Crippen LogP contribution in [0.2, 0.25) is 0 Å². The van der Waals surface area contributed by atoms with Gasteiger partial charge >= 0.3 is 0 Å². The van der Waals surface area contributed by atoms with E-state index in [-0.39, 0.29) is 0 Å². The summed E-state index contributed by atoms with van der Waals surface area (Å²) in [5, 5.41) is 3.31. The van der Waals surface area contributed by atoms with Crippen molar-refractivity contribution >= 4 is 0 Å². The molecule has 0 aromatic heterocycles. The molecule has 18 heavy (non-hydrogen) atoms. The van der Waals surface area contributed by atoms with E-state index in [1.807, 2.05) is 18.2 Å². The van der Waals surface area contributed by atoms with E-state index in [9.17, 15) is 0 Å². The summed E-state index contributed by atoms with van der Waals surface area (Å²) in [6.07, 6.45) is 0. The molecule has 1 N–H and O–H groups in total. The molecule has 0 radical (unpaired) electrons. The van der Waals surface area contributed by atoms with Crippen LogP contribution in [-0.2, 0) is 11.3 Å². The second kappa shape index (κ2) is 6.61. The van der Waals surface area contributed by atoms with Crippen LogP contribution in [0, 0.1) is 5.92 Å². The molecule has 0 saturated heterocycles. The third-order valence-electron chi connectivity index (χ3n) is 2.85. The second-order valence-electron chi connectivity index (χ2n) is 4.62. The number of fused-ring (bicyclic) bond motifs is 1. The van der Waals surface area contributed by atoms with Crippen LogP contribution in [0.25, 0.3) is 0 Å². The van der Waals surface area contributed by atoms with Crippen LogP contribution in [0.15, 0.2) is 18.2 Å². The fourth-order valence-electron chi connectivity index (χ4n) is 1.86. The van der Waals surface area contributed by atoms with Crippen molar-refractivity contribution in [1.82, 2.24) is 5.32 Å². The van der Waals surface area contributed by atoms with Gasteiger partial charge in [-0.2, -0.15) is 0 Å². The Morgan fingerprint density at radius 3 is 3.00 bits per heavy atom. The molecule has 1 aromatic carbocycles. The van der Waals surface area contributed by atoms with Crippen LogP contribution >= 0.6 is 0 Å². The predicted molar refractivity (Wildman–Crippen MR) is 69.9 cm³/mol. The molecule has 0 amide bonds. The number of benzene rings is 1. The number of hydrogen-bond acceptors (Lipinski definition) is 4. The van der Waals surface area contributed by atoms with Gasteiger partial charge in [-0.15, -0.1) is 0 Å². The first-order valence-corrected chi connectivity index (χ1v) is 6.46. The van der Waals surface area contributed by atoms with E-state index in [4.69, 9.17) is 14.2 Å². The monoisotopic (exact) mass is 251 g/mol. The van der Waals surface area contributed by atoms with Gasteiger partial charge in [0.2, 0.25) is 6.79 Å². The highest BCUT2D eigenvalue weighted by atomic mass is 16.7. The summed E-state index contributed by atoms with van der Waals surface area (Å²) in [4.78, 5) is 0. The maximum absolute atomic E-state index is 5.70. The van der Waals surface area contributed by atoms with Crippen molar-refractivity contribution in [3.8, 4) is 11.5 Å². The van der Waals surface area contributed by atoms with Crippen molar-refractivity contribution in [3.63, 3.8) is 0 Å². The Kier molecular flexibility index (Phi) is 4.84. The van der Waals surface area contributed by atoms with Crippen LogP contribution in [0.4, 0.5) is 0 Å². The molecule has 4 heteroatoms. The molecule has 0 bridgehead atoms. The zero-order chi connectivity index (χ0) is 12.8. The van der Waals surface area contributed by atoms with Gasteiger partial charge in [-0.3, -0.25) is 0 Å². The standard InChI is InChI=1S/C14H21NO3/c1-3-15-7-11(2)8-16-9-12-4-5-13-14(6-12)18-10-17-13/h4-6,11,15H,3,7-10H2,1-2H3. The highest BCUT2D eigenvalue weighted by Crippen LogP contribution is 2.32. The number of rotatable bonds is 7. The molecule has 0 aliphatic carbocycles. The van der Waals surface area contributed by atoms with E-state index >= 15 is 0 Å². The van der Waals surface area contributed by atoms with Gasteiger partial charge in [0.05, 0.1) is 13.2 Å². The van der Waals surface area contributed by atoms with Crippen molar-refractivity contribution in [3.05, 3.63) is 23.8 Å². The molecule has 1 unspecified atom stereocenters. The van der Waals surface area contributed by atoms with Gasteiger partial charge < -0.3 is 19.5 Å². The van der Waals surface area contributed by atoms with E-state index in [1.54, 1.807) is 0 Å². The lowest BCUT2D eigenvalue weighted by molar-refractivity contribution is 0.0919. The maximum atomic E-state index is 5.70. The molecule has 1 atom stereocenters. The summed E-state index contributed by atoms with van der Waals surface area (Å²) in [5.74, 6) is 2.16. The minimum absolute atomic E-state index is 0.319. The Hall–Kier alpha value is -1.26. The maximum Gasteiger partial charge on any atom is 0.231 e. The van der Waals surface area contributed by atoms with Gasteiger partial charge in [-0.1, -0.05) is 19.9 Å². The van der Waals surface area contributed by atoms with E-state index in [0.29, 0.717) is 19.3 Å². The van der Waals surface area contributed by atoms with Gasteiger partial charge in [0.15, 0.2) is 11.5 Å². The lowest BCUT2D eigenvalue weighted by Gasteiger charge is -2.12. The molecule has 0 fully saturated rings. The molecule has 1 aliphatic rings. The van der Waals surface area contributed by atoms with Crippen molar-refractivity contribution in [2.75, 3.05) is 26.5 Å². The summed E-state index contributed by atoms with van der Waals surface area (Å²) >= 11 is 0. The largest absolute Gasteiger partial charge is 0.454 e. The van der Waals surface area contributed by atoms with Gasteiger partial charge in [0.1, 0.15) is 0 Å². The number of ether oxygens (including phenoxy) is 3. The fraction of sp³-hybridized carbons (Fsp3) is 0.571. The van der Waals surface area contributed by atoms with E-state index in [2.05, 4.69) is 19.2 Å². The van der Waals surface area contributed by atoms with E-state index in [1.165, 1.54) is 0 Å². The van der Waals surface area contributed by atoms with Gasteiger partial charge in [0.25, 0.3) is 0 Å². The topological polar surface area (TPSA) is 39.7 Å². The van der Waals surface area contributed by atoms with Crippen LogP contribution in [0.1, 0.15) is 19.4 Å². The third kappa shape index (κ3) is 3.62. The Morgan fingerprint density at radius 1 is 1.33 bits per heavy atom. The second-order valence-corrected chi connectivity index (χ2v) is 4.62. The molecular formula is C14H21NO3. The van der Waals surface area contributed by atoms with E-state index < -0.39 is 0 Å².